The predicted octanol–water partition coefficient (Wildman–Crippen LogP) is 3.55. The van der Waals surface area contributed by atoms with Crippen LogP contribution in [0.4, 0.5) is 0 Å². The van der Waals surface area contributed by atoms with Crippen LogP contribution in [-0.4, -0.2) is 17.5 Å². The number of rotatable bonds is 3. The number of hydrogen-bond donors (Lipinski definition) is 0. The van der Waals surface area contributed by atoms with E-state index in [1.54, 1.807) is 0 Å². The summed E-state index contributed by atoms with van der Waals surface area (Å²) in [5, 5.41) is 0. The first-order valence-electron chi connectivity index (χ1n) is 6.46. The van der Waals surface area contributed by atoms with Crippen molar-refractivity contribution < 1.29 is 0 Å². The molecule has 0 unspecified atom stereocenters. The van der Waals surface area contributed by atoms with Gasteiger partial charge in [-0.25, -0.2) is 0 Å². The first-order valence-corrected chi connectivity index (χ1v) is 6.46. The van der Waals surface area contributed by atoms with Crippen LogP contribution in [0, 0.1) is 11.8 Å². The van der Waals surface area contributed by atoms with E-state index < -0.39 is 0 Å². The average molecular weight is 217 g/mol. The van der Waals surface area contributed by atoms with E-state index >= 15 is 0 Å². The highest BCUT2D eigenvalue weighted by Gasteiger charge is 2.32. The van der Waals surface area contributed by atoms with E-state index in [0.29, 0.717) is 0 Å². The molecule has 1 fully saturated rings. The van der Waals surface area contributed by atoms with Gasteiger partial charge in [-0.2, -0.15) is 0 Å². The zero-order chi connectivity index (χ0) is 11.5. The van der Waals surface area contributed by atoms with E-state index in [4.69, 9.17) is 0 Å². The molecule has 0 bridgehead atoms. The summed E-state index contributed by atoms with van der Waals surface area (Å²) in [5.41, 5.74) is 1.45. The van der Waals surface area contributed by atoms with E-state index in [-0.39, 0.29) is 0 Å². The predicted molar refractivity (Wildman–Crippen MR) is 69.3 cm³/mol. The first kappa shape index (κ1) is 11.7. The first-order chi connectivity index (χ1) is 7.68. The van der Waals surface area contributed by atoms with Gasteiger partial charge < -0.3 is 0 Å². The second kappa shape index (κ2) is 5.01. The Morgan fingerprint density at radius 2 is 1.94 bits per heavy atom. The van der Waals surface area contributed by atoms with Gasteiger partial charge in [-0.1, -0.05) is 51.1 Å². The van der Waals surface area contributed by atoms with Crippen LogP contribution in [0.2, 0.25) is 0 Å². The van der Waals surface area contributed by atoms with E-state index in [2.05, 4.69) is 56.0 Å². The van der Waals surface area contributed by atoms with Gasteiger partial charge in [-0.15, -0.1) is 0 Å². The quantitative estimate of drug-likeness (QED) is 0.748. The van der Waals surface area contributed by atoms with Crippen molar-refractivity contribution in [2.24, 2.45) is 11.8 Å². The lowest BCUT2D eigenvalue weighted by Crippen LogP contribution is -2.35. The maximum absolute atomic E-state index is 2.66. The number of benzene rings is 1. The molecule has 16 heavy (non-hydrogen) atoms. The van der Waals surface area contributed by atoms with Gasteiger partial charge in [0.05, 0.1) is 0 Å². The van der Waals surface area contributed by atoms with Crippen molar-refractivity contribution in [3.8, 4) is 0 Å². The Bertz CT molecular complexity index is 317. The van der Waals surface area contributed by atoms with Gasteiger partial charge in [0.25, 0.3) is 0 Å². The van der Waals surface area contributed by atoms with Gasteiger partial charge in [0.2, 0.25) is 0 Å². The van der Waals surface area contributed by atoms with Gasteiger partial charge in [-0.05, 0) is 30.4 Å². The van der Waals surface area contributed by atoms with Gasteiger partial charge in [-0.3, -0.25) is 4.90 Å². The van der Waals surface area contributed by atoms with E-state index in [1.807, 2.05) is 0 Å². The van der Waals surface area contributed by atoms with Crippen molar-refractivity contribution in [2.45, 2.75) is 39.8 Å². The lowest BCUT2D eigenvalue weighted by atomic mass is 9.93. The standard InChI is InChI=1S/C15H23N/c1-12(2)15-13(3)9-10-16(15)11-14-7-5-4-6-8-14/h4-8,12-13,15H,9-11H2,1-3H3/t13-,15-/m1/s1. The van der Waals surface area contributed by atoms with Crippen LogP contribution in [0.25, 0.3) is 0 Å². The fourth-order valence-electron chi connectivity index (χ4n) is 3.13. The molecule has 0 radical (unpaired) electrons. The van der Waals surface area contributed by atoms with E-state index in [1.165, 1.54) is 18.5 Å². The maximum Gasteiger partial charge on any atom is 0.0236 e. The number of likely N-dealkylation sites (tertiary alicyclic amines) is 1. The minimum atomic E-state index is 0.764. The molecule has 1 aromatic carbocycles. The van der Waals surface area contributed by atoms with Crippen LogP contribution in [-0.2, 0) is 6.54 Å². The Balaban J connectivity index is 2.05. The lowest BCUT2D eigenvalue weighted by molar-refractivity contribution is 0.174. The molecule has 0 spiro atoms. The topological polar surface area (TPSA) is 3.24 Å². The zero-order valence-corrected chi connectivity index (χ0v) is 10.7. The summed E-state index contributed by atoms with van der Waals surface area (Å²) in [6.07, 6.45) is 1.36. The molecule has 0 amide bonds. The van der Waals surface area contributed by atoms with Gasteiger partial charge in [0, 0.05) is 12.6 Å². The number of hydrogen-bond acceptors (Lipinski definition) is 1. The molecule has 1 aromatic rings. The molecule has 88 valence electrons. The third kappa shape index (κ3) is 2.46. The molecule has 0 N–H and O–H groups in total. The molecule has 1 aliphatic rings. The fraction of sp³-hybridized carbons (Fsp3) is 0.600. The summed E-state index contributed by atoms with van der Waals surface area (Å²) >= 11 is 0. The van der Waals surface area contributed by atoms with Gasteiger partial charge in [0.1, 0.15) is 0 Å². The van der Waals surface area contributed by atoms with Crippen molar-refractivity contribution >= 4 is 0 Å². The summed E-state index contributed by atoms with van der Waals surface area (Å²) in [7, 11) is 0. The molecule has 1 nitrogen and oxygen atoms in total. The molecule has 1 heterocycles. The third-order valence-electron chi connectivity index (χ3n) is 3.79. The molecule has 0 saturated carbocycles. The summed E-state index contributed by atoms with van der Waals surface area (Å²) in [6, 6.07) is 11.6. The van der Waals surface area contributed by atoms with Crippen molar-refractivity contribution in [2.75, 3.05) is 6.54 Å². The zero-order valence-electron chi connectivity index (χ0n) is 10.7. The fourth-order valence-corrected chi connectivity index (χ4v) is 3.13. The van der Waals surface area contributed by atoms with Crippen molar-refractivity contribution in [3.05, 3.63) is 35.9 Å². The summed E-state index contributed by atoms with van der Waals surface area (Å²) < 4.78 is 0. The molecule has 0 aliphatic carbocycles. The van der Waals surface area contributed by atoms with Crippen LogP contribution in [0.3, 0.4) is 0 Å². The summed E-state index contributed by atoms with van der Waals surface area (Å²) in [6.45, 7) is 9.48. The van der Waals surface area contributed by atoms with Crippen LogP contribution >= 0.6 is 0 Å². The second-order valence-electron chi connectivity index (χ2n) is 5.46. The van der Waals surface area contributed by atoms with E-state index in [9.17, 15) is 0 Å². The van der Waals surface area contributed by atoms with Crippen molar-refractivity contribution in [1.29, 1.82) is 0 Å². The van der Waals surface area contributed by atoms with Crippen LogP contribution in [0.15, 0.2) is 30.3 Å². The molecule has 0 aromatic heterocycles. The Morgan fingerprint density at radius 1 is 1.25 bits per heavy atom. The third-order valence-corrected chi connectivity index (χ3v) is 3.79. The van der Waals surface area contributed by atoms with Crippen LogP contribution < -0.4 is 0 Å². The normalized spacial score (nSPS) is 26.5. The lowest BCUT2D eigenvalue weighted by Gasteiger charge is -2.30. The molecule has 1 saturated heterocycles. The highest BCUT2D eigenvalue weighted by Crippen LogP contribution is 2.30. The maximum atomic E-state index is 2.66. The molecule has 1 heteroatoms. The highest BCUT2D eigenvalue weighted by molar-refractivity contribution is 5.15. The Labute approximate surface area is 99.5 Å². The molecule has 1 aliphatic heterocycles. The molecular weight excluding hydrogens is 194 g/mol. The SMILES string of the molecule is CC(C)[C@@H]1[C@H](C)CCN1Cc1ccccc1. The Morgan fingerprint density at radius 3 is 2.56 bits per heavy atom. The van der Waals surface area contributed by atoms with Gasteiger partial charge >= 0.3 is 0 Å². The van der Waals surface area contributed by atoms with E-state index in [0.717, 1.165) is 24.4 Å². The van der Waals surface area contributed by atoms with Gasteiger partial charge in [0.15, 0.2) is 0 Å². The van der Waals surface area contributed by atoms with Crippen LogP contribution in [0.1, 0.15) is 32.8 Å². The smallest absolute Gasteiger partial charge is 0.0236 e. The second-order valence-corrected chi connectivity index (χ2v) is 5.46. The Hall–Kier alpha value is -0.820. The highest BCUT2D eigenvalue weighted by atomic mass is 15.2. The molecule has 2 atom stereocenters. The van der Waals surface area contributed by atoms with Crippen molar-refractivity contribution in [3.63, 3.8) is 0 Å². The number of nitrogens with zero attached hydrogens (tertiary/aromatic N) is 1. The summed E-state index contributed by atoms with van der Waals surface area (Å²) in [4.78, 5) is 2.66. The van der Waals surface area contributed by atoms with Crippen molar-refractivity contribution in [1.82, 2.24) is 4.90 Å². The average Bonchev–Trinajstić information content (AvgIpc) is 2.61. The summed E-state index contributed by atoms with van der Waals surface area (Å²) in [5.74, 6) is 1.62. The molecule has 2 rings (SSSR count). The Kier molecular flexibility index (Phi) is 3.65. The molecular formula is C15H23N. The van der Waals surface area contributed by atoms with Crippen LogP contribution in [0.5, 0.6) is 0 Å². The minimum Gasteiger partial charge on any atom is -0.296 e. The monoisotopic (exact) mass is 217 g/mol. The minimum absolute atomic E-state index is 0.764. The largest absolute Gasteiger partial charge is 0.296 e.